The number of allylic oxidation sites excluding steroid dienone is 1. The van der Waals surface area contributed by atoms with Gasteiger partial charge < -0.3 is 4.74 Å². The van der Waals surface area contributed by atoms with Crippen molar-refractivity contribution in [2.45, 2.75) is 25.4 Å². The number of hydrogen-bond donors (Lipinski definition) is 0. The van der Waals surface area contributed by atoms with Crippen LogP contribution in [0.25, 0.3) is 10.8 Å². The van der Waals surface area contributed by atoms with E-state index >= 15 is 0 Å². The molecule has 0 radical (unpaired) electrons. The molecule has 86 valence electrons. The molecule has 1 atom stereocenters. The van der Waals surface area contributed by atoms with Crippen molar-refractivity contribution in [1.29, 1.82) is 0 Å². The molecular formula is C16H16O. The molecule has 0 aromatic heterocycles. The van der Waals surface area contributed by atoms with E-state index < -0.39 is 0 Å². The predicted molar refractivity (Wildman–Crippen MR) is 71.4 cm³/mol. The molecule has 0 fully saturated rings. The van der Waals surface area contributed by atoms with Gasteiger partial charge in [0.2, 0.25) is 0 Å². The number of hydrogen-bond acceptors (Lipinski definition) is 1. The van der Waals surface area contributed by atoms with Gasteiger partial charge in [-0.25, -0.2) is 0 Å². The zero-order chi connectivity index (χ0) is 11.5. The Morgan fingerprint density at radius 1 is 1.00 bits per heavy atom. The molecule has 0 spiro atoms. The van der Waals surface area contributed by atoms with Crippen LogP contribution in [-0.4, -0.2) is 6.10 Å². The van der Waals surface area contributed by atoms with Crippen LogP contribution in [0.1, 0.15) is 19.3 Å². The fraction of sp³-hybridized carbons (Fsp3) is 0.250. The van der Waals surface area contributed by atoms with E-state index in [4.69, 9.17) is 4.74 Å². The summed E-state index contributed by atoms with van der Waals surface area (Å²) in [6.45, 7) is 0. The lowest BCUT2D eigenvalue weighted by Crippen LogP contribution is -2.15. The van der Waals surface area contributed by atoms with Gasteiger partial charge in [-0.05, 0) is 36.8 Å². The van der Waals surface area contributed by atoms with E-state index in [-0.39, 0.29) is 6.10 Å². The summed E-state index contributed by atoms with van der Waals surface area (Å²) in [5.74, 6) is 1.000. The van der Waals surface area contributed by atoms with Crippen molar-refractivity contribution in [2.75, 3.05) is 0 Å². The highest BCUT2D eigenvalue weighted by Crippen LogP contribution is 2.27. The second kappa shape index (κ2) is 4.62. The molecular weight excluding hydrogens is 208 g/mol. The van der Waals surface area contributed by atoms with Crippen LogP contribution in [0.15, 0.2) is 54.6 Å². The van der Waals surface area contributed by atoms with Crippen LogP contribution < -0.4 is 4.74 Å². The van der Waals surface area contributed by atoms with Gasteiger partial charge >= 0.3 is 0 Å². The second-order valence-electron chi connectivity index (χ2n) is 4.49. The van der Waals surface area contributed by atoms with Crippen molar-refractivity contribution in [3.63, 3.8) is 0 Å². The van der Waals surface area contributed by atoms with E-state index in [1.54, 1.807) is 0 Å². The van der Waals surface area contributed by atoms with Gasteiger partial charge in [0.05, 0.1) is 0 Å². The van der Waals surface area contributed by atoms with Gasteiger partial charge in [-0.2, -0.15) is 0 Å². The van der Waals surface area contributed by atoms with Crippen molar-refractivity contribution in [1.82, 2.24) is 0 Å². The molecule has 0 amide bonds. The first-order chi connectivity index (χ1) is 8.43. The van der Waals surface area contributed by atoms with Crippen LogP contribution in [0.4, 0.5) is 0 Å². The molecule has 0 saturated carbocycles. The topological polar surface area (TPSA) is 9.23 Å². The lowest BCUT2D eigenvalue weighted by atomic mass is 10.0. The van der Waals surface area contributed by atoms with Crippen molar-refractivity contribution in [3.05, 3.63) is 54.6 Å². The third kappa shape index (κ3) is 2.19. The Kier molecular flexibility index (Phi) is 2.83. The maximum Gasteiger partial charge on any atom is 0.128 e. The number of benzene rings is 2. The summed E-state index contributed by atoms with van der Waals surface area (Å²) < 4.78 is 6.08. The third-order valence-electron chi connectivity index (χ3n) is 3.24. The first kappa shape index (κ1) is 10.4. The molecule has 0 heterocycles. The molecule has 1 heteroatoms. The Balaban J connectivity index is 1.94. The Labute approximate surface area is 102 Å². The number of ether oxygens (including phenoxy) is 1. The van der Waals surface area contributed by atoms with E-state index in [1.807, 2.05) is 0 Å². The quantitative estimate of drug-likeness (QED) is 0.690. The summed E-state index contributed by atoms with van der Waals surface area (Å²) in [4.78, 5) is 0. The monoisotopic (exact) mass is 224 g/mol. The van der Waals surface area contributed by atoms with Crippen molar-refractivity contribution >= 4 is 10.8 Å². The van der Waals surface area contributed by atoms with Crippen LogP contribution in [0, 0.1) is 0 Å². The second-order valence-corrected chi connectivity index (χ2v) is 4.49. The van der Waals surface area contributed by atoms with E-state index in [9.17, 15) is 0 Å². The first-order valence-electron chi connectivity index (χ1n) is 6.24. The molecule has 17 heavy (non-hydrogen) atoms. The molecule has 0 bridgehead atoms. The molecule has 2 aromatic rings. The Hall–Kier alpha value is -1.76. The minimum absolute atomic E-state index is 0.245. The van der Waals surface area contributed by atoms with Gasteiger partial charge in [0.25, 0.3) is 0 Å². The van der Waals surface area contributed by atoms with Gasteiger partial charge in [0.1, 0.15) is 11.9 Å². The fourth-order valence-electron chi connectivity index (χ4n) is 2.34. The molecule has 1 aliphatic rings. The predicted octanol–water partition coefficient (Wildman–Crippen LogP) is 4.33. The van der Waals surface area contributed by atoms with Crippen molar-refractivity contribution in [3.8, 4) is 5.75 Å². The SMILES string of the molecule is C1=CC(Oc2cccc3ccccc23)CCC1. The number of fused-ring (bicyclic) bond motifs is 1. The Morgan fingerprint density at radius 3 is 2.76 bits per heavy atom. The molecule has 0 N–H and O–H groups in total. The highest BCUT2D eigenvalue weighted by Gasteiger charge is 2.11. The first-order valence-corrected chi connectivity index (χ1v) is 6.24. The minimum Gasteiger partial charge on any atom is -0.486 e. The summed E-state index contributed by atoms with van der Waals surface area (Å²) in [6.07, 6.45) is 8.19. The molecule has 0 aliphatic heterocycles. The van der Waals surface area contributed by atoms with Gasteiger partial charge in [0.15, 0.2) is 0 Å². The standard InChI is InChI=1S/C16H16O/c1-2-9-14(10-3-1)17-16-12-6-8-13-7-4-5-11-15(13)16/h2,4-9,11-12,14H,1,3,10H2. The fourth-order valence-corrected chi connectivity index (χ4v) is 2.34. The summed E-state index contributed by atoms with van der Waals surface area (Å²) >= 11 is 0. The van der Waals surface area contributed by atoms with E-state index in [0.29, 0.717) is 0 Å². The molecule has 1 nitrogen and oxygen atoms in total. The summed E-state index contributed by atoms with van der Waals surface area (Å²) in [5.41, 5.74) is 0. The third-order valence-corrected chi connectivity index (χ3v) is 3.24. The molecule has 0 saturated heterocycles. The van der Waals surface area contributed by atoms with Crippen molar-refractivity contribution < 1.29 is 4.74 Å². The smallest absolute Gasteiger partial charge is 0.128 e. The zero-order valence-corrected chi connectivity index (χ0v) is 9.80. The van der Waals surface area contributed by atoms with Crippen LogP contribution in [0.5, 0.6) is 5.75 Å². The molecule has 1 unspecified atom stereocenters. The largest absolute Gasteiger partial charge is 0.486 e. The molecule has 3 rings (SSSR count). The van der Waals surface area contributed by atoms with Crippen LogP contribution in [0.2, 0.25) is 0 Å². The van der Waals surface area contributed by atoms with Crippen LogP contribution >= 0.6 is 0 Å². The maximum absolute atomic E-state index is 6.08. The zero-order valence-electron chi connectivity index (χ0n) is 9.80. The minimum atomic E-state index is 0.245. The summed E-state index contributed by atoms with van der Waals surface area (Å²) in [6, 6.07) is 14.6. The average Bonchev–Trinajstić information content (AvgIpc) is 2.40. The van der Waals surface area contributed by atoms with Crippen LogP contribution in [-0.2, 0) is 0 Å². The highest BCUT2D eigenvalue weighted by atomic mass is 16.5. The summed E-state index contributed by atoms with van der Waals surface area (Å²) in [5, 5.41) is 2.44. The van der Waals surface area contributed by atoms with Gasteiger partial charge in [0, 0.05) is 5.39 Å². The molecule has 1 aliphatic carbocycles. The number of rotatable bonds is 2. The highest BCUT2D eigenvalue weighted by molar-refractivity contribution is 5.88. The van der Waals surface area contributed by atoms with Gasteiger partial charge in [-0.3, -0.25) is 0 Å². The van der Waals surface area contributed by atoms with Crippen LogP contribution in [0.3, 0.4) is 0 Å². The maximum atomic E-state index is 6.08. The van der Waals surface area contributed by atoms with E-state index in [1.165, 1.54) is 23.6 Å². The Bertz CT molecular complexity index is 537. The lowest BCUT2D eigenvalue weighted by molar-refractivity contribution is 0.233. The normalized spacial score (nSPS) is 19.4. The van der Waals surface area contributed by atoms with Gasteiger partial charge in [-0.1, -0.05) is 42.5 Å². The average molecular weight is 224 g/mol. The molecule has 2 aromatic carbocycles. The lowest BCUT2D eigenvalue weighted by Gasteiger charge is -2.19. The van der Waals surface area contributed by atoms with E-state index in [2.05, 4.69) is 54.6 Å². The van der Waals surface area contributed by atoms with Gasteiger partial charge in [-0.15, -0.1) is 0 Å². The summed E-state index contributed by atoms with van der Waals surface area (Å²) in [7, 11) is 0. The Morgan fingerprint density at radius 2 is 1.88 bits per heavy atom. The van der Waals surface area contributed by atoms with Crippen molar-refractivity contribution in [2.24, 2.45) is 0 Å². The van der Waals surface area contributed by atoms with E-state index in [0.717, 1.165) is 12.2 Å².